The lowest BCUT2D eigenvalue weighted by molar-refractivity contribution is 0.0502. The fourth-order valence-electron chi connectivity index (χ4n) is 1.04. The number of aryl methyl sites for hydroxylation is 2. The van der Waals surface area contributed by atoms with Crippen molar-refractivity contribution in [1.82, 2.24) is 5.16 Å². The van der Waals surface area contributed by atoms with Crippen molar-refractivity contribution in [2.24, 2.45) is 0 Å². The molecule has 1 heterocycles. The minimum Gasteiger partial charge on any atom is -0.462 e. The molecule has 0 aliphatic carbocycles. The lowest BCUT2D eigenvalue weighted by Gasteiger charge is -2.00. The van der Waals surface area contributed by atoms with E-state index in [1.54, 1.807) is 13.8 Å². The van der Waals surface area contributed by atoms with Gasteiger partial charge in [-0.15, -0.1) is 0 Å². The van der Waals surface area contributed by atoms with Gasteiger partial charge in [-0.1, -0.05) is 12.1 Å². The van der Waals surface area contributed by atoms with Crippen LogP contribution in [-0.4, -0.2) is 17.7 Å². The van der Waals surface area contributed by atoms with E-state index in [2.05, 4.69) is 5.16 Å². The minimum absolute atomic E-state index is 0.349. The molecule has 1 rings (SSSR count). The number of carbonyl (C=O) groups is 1. The van der Waals surface area contributed by atoms with Gasteiger partial charge in [0.1, 0.15) is 11.3 Å². The maximum Gasteiger partial charge on any atom is 0.343 e. The summed E-state index contributed by atoms with van der Waals surface area (Å²) in [4.78, 5) is 11.4. The summed E-state index contributed by atoms with van der Waals surface area (Å²) >= 11 is 0. The largest absolute Gasteiger partial charge is 0.462 e. The van der Waals surface area contributed by atoms with Gasteiger partial charge < -0.3 is 9.26 Å². The van der Waals surface area contributed by atoms with E-state index in [1.807, 2.05) is 6.92 Å². The predicted octanol–water partition coefficient (Wildman–Crippen LogP) is 1.86. The molecule has 0 aromatic carbocycles. The molecule has 4 heteroatoms. The molecule has 0 N–H and O–H groups in total. The van der Waals surface area contributed by atoms with Crippen molar-refractivity contribution < 1.29 is 14.1 Å². The number of aromatic nitrogens is 1. The Morgan fingerprint density at radius 2 is 2.23 bits per heavy atom. The molecule has 1 aromatic heterocycles. The third kappa shape index (κ3) is 2.08. The van der Waals surface area contributed by atoms with E-state index in [0.717, 1.165) is 6.42 Å². The van der Waals surface area contributed by atoms with Gasteiger partial charge in [0.25, 0.3) is 0 Å². The van der Waals surface area contributed by atoms with Gasteiger partial charge in [-0.3, -0.25) is 0 Å². The molecule has 72 valence electrons. The summed E-state index contributed by atoms with van der Waals surface area (Å²) in [5, 5.41) is 3.67. The second-order valence-electron chi connectivity index (χ2n) is 2.84. The molecular formula is C9H13NO3. The lowest BCUT2D eigenvalue weighted by atomic mass is 10.2. The van der Waals surface area contributed by atoms with E-state index >= 15 is 0 Å². The van der Waals surface area contributed by atoms with Gasteiger partial charge in [-0.2, -0.15) is 0 Å². The van der Waals surface area contributed by atoms with Gasteiger partial charge in [-0.05, 0) is 20.3 Å². The van der Waals surface area contributed by atoms with Crippen LogP contribution in [0, 0.1) is 13.8 Å². The minimum atomic E-state index is -0.349. The van der Waals surface area contributed by atoms with Gasteiger partial charge in [0.05, 0.1) is 12.3 Å². The summed E-state index contributed by atoms with van der Waals surface area (Å²) in [6.45, 7) is 5.80. The number of carbonyl (C=O) groups excluding carboxylic acids is 1. The molecule has 0 fully saturated rings. The monoisotopic (exact) mass is 183 g/mol. The number of esters is 1. The van der Waals surface area contributed by atoms with E-state index in [9.17, 15) is 4.79 Å². The van der Waals surface area contributed by atoms with E-state index in [0.29, 0.717) is 23.6 Å². The van der Waals surface area contributed by atoms with Gasteiger partial charge in [0.2, 0.25) is 0 Å². The zero-order valence-electron chi connectivity index (χ0n) is 8.09. The smallest absolute Gasteiger partial charge is 0.343 e. The fourth-order valence-corrected chi connectivity index (χ4v) is 1.04. The molecule has 0 radical (unpaired) electrons. The number of nitrogens with zero attached hydrogens (tertiary/aromatic N) is 1. The van der Waals surface area contributed by atoms with Crippen molar-refractivity contribution in [2.75, 3.05) is 6.61 Å². The molecule has 0 spiro atoms. The molecule has 0 atom stereocenters. The third-order valence-electron chi connectivity index (χ3n) is 1.67. The van der Waals surface area contributed by atoms with Crippen molar-refractivity contribution in [3.8, 4) is 0 Å². The highest BCUT2D eigenvalue weighted by molar-refractivity contribution is 5.91. The van der Waals surface area contributed by atoms with E-state index in [4.69, 9.17) is 9.26 Å². The fraction of sp³-hybridized carbons (Fsp3) is 0.556. The predicted molar refractivity (Wildman–Crippen MR) is 46.6 cm³/mol. The van der Waals surface area contributed by atoms with Crippen LogP contribution >= 0.6 is 0 Å². The highest BCUT2D eigenvalue weighted by Gasteiger charge is 2.18. The van der Waals surface area contributed by atoms with Crippen LogP contribution in [-0.2, 0) is 4.74 Å². The summed E-state index contributed by atoms with van der Waals surface area (Å²) in [5.41, 5.74) is 1.03. The van der Waals surface area contributed by atoms with Crippen LogP contribution in [0.25, 0.3) is 0 Å². The van der Waals surface area contributed by atoms with Crippen LogP contribution in [0.15, 0.2) is 4.52 Å². The Kier molecular flexibility index (Phi) is 3.06. The summed E-state index contributed by atoms with van der Waals surface area (Å²) < 4.78 is 9.80. The number of rotatable bonds is 3. The zero-order chi connectivity index (χ0) is 9.84. The second kappa shape index (κ2) is 4.07. The summed E-state index contributed by atoms with van der Waals surface area (Å²) in [6, 6.07) is 0. The van der Waals surface area contributed by atoms with Crippen LogP contribution in [0.3, 0.4) is 0 Å². The van der Waals surface area contributed by atoms with Crippen molar-refractivity contribution in [2.45, 2.75) is 27.2 Å². The quantitative estimate of drug-likeness (QED) is 0.671. The normalized spacial score (nSPS) is 10.1. The molecule has 0 saturated heterocycles. The zero-order valence-corrected chi connectivity index (χ0v) is 8.09. The topological polar surface area (TPSA) is 52.3 Å². The first-order chi connectivity index (χ1) is 6.16. The van der Waals surface area contributed by atoms with Crippen LogP contribution in [0.2, 0.25) is 0 Å². The first kappa shape index (κ1) is 9.77. The average Bonchev–Trinajstić information content (AvgIpc) is 2.42. The third-order valence-corrected chi connectivity index (χ3v) is 1.67. The molecule has 0 aliphatic heterocycles. The average molecular weight is 183 g/mol. The summed E-state index contributed by atoms with van der Waals surface area (Å²) in [5.74, 6) is 0.164. The Labute approximate surface area is 76.9 Å². The maximum absolute atomic E-state index is 11.4. The Hall–Kier alpha value is -1.32. The molecule has 0 bridgehead atoms. The molecule has 0 amide bonds. The highest BCUT2D eigenvalue weighted by atomic mass is 16.5. The van der Waals surface area contributed by atoms with E-state index < -0.39 is 0 Å². The van der Waals surface area contributed by atoms with Crippen LogP contribution in [0.4, 0.5) is 0 Å². The van der Waals surface area contributed by atoms with Gasteiger partial charge in [0.15, 0.2) is 0 Å². The Morgan fingerprint density at radius 1 is 1.54 bits per heavy atom. The van der Waals surface area contributed by atoms with Crippen LogP contribution < -0.4 is 0 Å². The molecule has 0 unspecified atom stereocenters. The molecule has 1 aromatic rings. The highest BCUT2D eigenvalue weighted by Crippen LogP contribution is 2.13. The van der Waals surface area contributed by atoms with Crippen molar-refractivity contribution in [3.05, 3.63) is 17.0 Å². The molecule has 0 aliphatic rings. The van der Waals surface area contributed by atoms with Gasteiger partial charge in [0, 0.05) is 0 Å². The first-order valence-electron chi connectivity index (χ1n) is 4.26. The molecule has 13 heavy (non-hydrogen) atoms. The number of hydrogen-bond acceptors (Lipinski definition) is 4. The Balaban J connectivity index is 2.76. The number of hydrogen-bond donors (Lipinski definition) is 0. The molecule has 4 nitrogen and oxygen atoms in total. The van der Waals surface area contributed by atoms with Gasteiger partial charge in [-0.25, -0.2) is 4.79 Å². The standard InChI is InChI=1S/C9H13NO3/c1-4-5-12-9(11)8-6(2)10-13-7(8)3/h4-5H2,1-3H3. The molecule has 0 saturated carbocycles. The summed E-state index contributed by atoms with van der Waals surface area (Å²) in [6.07, 6.45) is 0.815. The van der Waals surface area contributed by atoms with Crippen LogP contribution in [0.1, 0.15) is 35.2 Å². The Morgan fingerprint density at radius 3 is 2.69 bits per heavy atom. The van der Waals surface area contributed by atoms with Crippen LogP contribution in [0.5, 0.6) is 0 Å². The Bertz CT molecular complexity index is 284. The second-order valence-corrected chi connectivity index (χ2v) is 2.84. The lowest BCUT2D eigenvalue weighted by Crippen LogP contribution is -2.07. The number of ether oxygens (including phenoxy) is 1. The SMILES string of the molecule is CCCOC(=O)c1c(C)noc1C. The first-order valence-corrected chi connectivity index (χ1v) is 4.26. The van der Waals surface area contributed by atoms with Crippen molar-refractivity contribution in [1.29, 1.82) is 0 Å². The molecular weight excluding hydrogens is 170 g/mol. The summed E-state index contributed by atoms with van der Waals surface area (Å²) in [7, 11) is 0. The van der Waals surface area contributed by atoms with E-state index in [1.165, 1.54) is 0 Å². The van der Waals surface area contributed by atoms with Crippen molar-refractivity contribution in [3.63, 3.8) is 0 Å². The van der Waals surface area contributed by atoms with Crippen molar-refractivity contribution >= 4 is 5.97 Å². The van der Waals surface area contributed by atoms with Gasteiger partial charge >= 0.3 is 5.97 Å². The maximum atomic E-state index is 11.4. The van der Waals surface area contributed by atoms with E-state index in [-0.39, 0.29) is 5.97 Å².